The van der Waals surface area contributed by atoms with Gasteiger partial charge in [-0.15, -0.1) is 0 Å². The number of fused-ring (bicyclic) bond motifs is 1. The zero-order valence-electron chi connectivity index (χ0n) is 10.3. The van der Waals surface area contributed by atoms with Crippen LogP contribution in [0.1, 0.15) is 25.3 Å². The Morgan fingerprint density at radius 2 is 1.72 bits per heavy atom. The highest BCUT2D eigenvalue weighted by Crippen LogP contribution is 2.26. The molecule has 0 aliphatic heterocycles. The summed E-state index contributed by atoms with van der Waals surface area (Å²) in [5, 5.41) is 1.50. The summed E-state index contributed by atoms with van der Waals surface area (Å²) in [4.78, 5) is -0.0154. The highest BCUT2D eigenvalue weighted by Gasteiger charge is 2.14. The highest BCUT2D eigenvalue weighted by atomic mass is 32.2. The van der Waals surface area contributed by atoms with Crippen molar-refractivity contribution in [3.05, 3.63) is 42.0 Å². The largest absolute Gasteiger partial charge is 0.295 e. The summed E-state index contributed by atoms with van der Waals surface area (Å²) >= 11 is 0. The SMILES string of the molecule is CCCCc1cccc2c(S(=O)(=O)O)cccc12. The number of unbranched alkanes of at least 4 members (excludes halogenated alkanes) is 1. The van der Waals surface area contributed by atoms with Crippen LogP contribution in [0.25, 0.3) is 10.8 Å². The lowest BCUT2D eigenvalue weighted by molar-refractivity contribution is 0.484. The van der Waals surface area contributed by atoms with Crippen molar-refractivity contribution in [2.24, 2.45) is 0 Å². The van der Waals surface area contributed by atoms with Gasteiger partial charge in [-0.1, -0.05) is 43.7 Å². The van der Waals surface area contributed by atoms with Crippen molar-refractivity contribution in [2.45, 2.75) is 31.1 Å². The molecule has 0 bridgehead atoms. The van der Waals surface area contributed by atoms with E-state index in [1.54, 1.807) is 12.1 Å². The molecule has 0 radical (unpaired) electrons. The minimum atomic E-state index is -4.17. The predicted molar refractivity (Wildman–Crippen MR) is 72.4 cm³/mol. The monoisotopic (exact) mass is 264 g/mol. The lowest BCUT2D eigenvalue weighted by atomic mass is 10.0. The Bertz CT molecular complexity index is 660. The van der Waals surface area contributed by atoms with Crippen LogP contribution < -0.4 is 0 Å². The molecule has 1 N–H and O–H groups in total. The van der Waals surface area contributed by atoms with Crippen LogP contribution in [0, 0.1) is 0 Å². The molecule has 96 valence electrons. The first-order chi connectivity index (χ1) is 8.54. The molecule has 0 saturated carbocycles. The van der Waals surface area contributed by atoms with Gasteiger partial charge in [-0.3, -0.25) is 4.55 Å². The molecule has 0 unspecified atom stereocenters. The molecule has 0 aliphatic rings. The Morgan fingerprint density at radius 3 is 2.39 bits per heavy atom. The Morgan fingerprint density at radius 1 is 1.06 bits per heavy atom. The fraction of sp³-hybridized carbons (Fsp3) is 0.286. The molecule has 0 spiro atoms. The zero-order valence-corrected chi connectivity index (χ0v) is 11.1. The van der Waals surface area contributed by atoms with E-state index < -0.39 is 10.1 Å². The minimum Gasteiger partial charge on any atom is -0.282 e. The normalized spacial score (nSPS) is 11.9. The lowest BCUT2D eigenvalue weighted by Crippen LogP contribution is -1.99. The van der Waals surface area contributed by atoms with E-state index in [1.165, 1.54) is 6.07 Å². The van der Waals surface area contributed by atoms with E-state index in [-0.39, 0.29) is 4.90 Å². The van der Waals surface area contributed by atoms with E-state index in [1.807, 2.05) is 18.2 Å². The zero-order chi connectivity index (χ0) is 13.2. The third-order valence-corrected chi connectivity index (χ3v) is 3.96. The Balaban J connectivity index is 2.66. The van der Waals surface area contributed by atoms with Crippen LogP contribution in [-0.4, -0.2) is 13.0 Å². The topological polar surface area (TPSA) is 54.4 Å². The molecule has 3 nitrogen and oxygen atoms in total. The second-order valence-electron chi connectivity index (χ2n) is 4.35. The molecule has 0 heterocycles. The van der Waals surface area contributed by atoms with Crippen molar-refractivity contribution in [2.75, 3.05) is 0 Å². The number of hydrogen-bond acceptors (Lipinski definition) is 2. The smallest absolute Gasteiger partial charge is 0.282 e. The van der Waals surface area contributed by atoms with Crippen LogP contribution in [-0.2, 0) is 16.5 Å². The molecule has 0 saturated heterocycles. The van der Waals surface area contributed by atoms with E-state index >= 15 is 0 Å². The van der Waals surface area contributed by atoms with Crippen molar-refractivity contribution in [3.8, 4) is 0 Å². The standard InChI is InChI=1S/C14H16O3S/c1-2-3-6-11-7-4-9-13-12(11)8-5-10-14(13)18(15,16)17/h4-5,7-10H,2-3,6H2,1H3,(H,15,16,17). The maximum Gasteiger partial charge on any atom is 0.295 e. The van der Waals surface area contributed by atoms with Crippen molar-refractivity contribution in [1.29, 1.82) is 0 Å². The lowest BCUT2D eigenvalue weighted by Gasteiger charge is -2.08. The second-order valence-corrected chi connectivity index (χ2v) is 5.74. The Labute approximate surface area is 107 Å². The van der Waals surface area contributed by atoms with E-state index in [9.17, 15) is 13.0 Å². The summed E-state index contributed by atoms with van der Waals surface area (Å²) in [6.07, 6.45) is 3.08. The van der Waals surface area contributed by atoms with Crippen molar-refractivity contribution in [3.63, 3.8) is 0 Å². The summed E-state index contributed by atoms with van der Waals surface area (Å²) in [5.41, 5.74) is 1.12. The number of hydrogen-bond donors (Lipinski definition) is 1. The number of aryl methyl sites for hydroxylation is 1. The maximum absolute atomic E-state index is 11.3. The minimum absolute atomic E-state index is 0.0154. The van der Waals surface area contributed by atoms with E-state index in [4.69, 9.17) is 0 Å². The van der Waals surface area contributed by atoms with Crippen LogP contribution in [0.4, 0.5) is 0 Å². The van der Waals surface area contributed by atoms with Crippen molar-refractivity contribution in [1.82, 2.24) is 0 Å². The molecule has 2 aromatic rings. The van der Waals surface area contributed by atoms with Gasteiger partial charge in [0.1, 0.15) is 4.90 Å². The predicted octanol–water partition coefficient (Wildman–Crippen LogP) is 3.43. The first-order valence-electron chi connectivity index (χ1n) is 6.02. The molecular formula is C14H16O3S. The van der Waals surface area contributed by atoms with Gasteiger partial charge in [0, 0.05) is 5.39 Å². The van der Waals surface area contributed by atoms with Crippen LogP contribution in [0.15, 0.2) is 41.3 Å². The van der Waals surface area contributed by atoms with Gasteiger partial charge in [0.05, 0.1) is 0 Å². The number of rotatable bonds is 4. The quantitative estimate of drug-likeness (QED) is 0.861. The summed E-state index contributed by atoms with van der Waals surface area (Å²) in [7, 11) is -4.17. The molecule has 0 amide bonds. The van der Waals surface area contributed by atoms with E-state index in [0.717, 1.165) is 30.2 Å². The molecule has 4 heteroatoms. The van der Waals surface area contributed by atoms with E-state index in [2.05, 4.69) is 6.92 Å². The van der Waals surface area contributed by atoms with Crippen molar-refractivity contribution >= 4 is 20.9 Å². The number of benzene rings is 2. The average molecular weight is 264 g/mol. The summed E-state index contributed by atoms with van der Waals surface area (Å²) in [6.45, 7) is 2.12. The molecule has 18 heavy (non-hydrogen) atoms. The third-order valence-electron chi connectivity index (χ3n) is 3.05. The molecule has 0 aliphatic carbocycles. The summed E-state index contributed by atoms with van der Waals surface area (Å²) < 4.78 is 31.9. The van der Waals surface area contributed by atoms with Crippen LogP contribution in [0.2, 0.25) is 0 Å². The summed E-state index contributed by atoms with van der Waals surface area (Å²) in [6, 6.07) is 10.6. The average Bonchev–Trinajstić information content (AvgIpc) is 2.34. The third kappa shape index (κ3) is 2.54. The van der Waals surface area contributed by atoms with Gasteiger partial charge in [0.25, 0.3) is 10.1 Å². The first kappa shape index (κ1) is 13.1. The fourth-order valence-corrected chi connectivity index (χ4v) is 2.86. The molecular weight excluding hydrogens is 248 g/mol. The summed E-state index contributed by atoms with van der Waals surface area (Å²) in [5.74, 6) is 0. The second kappa shape index (κ2) is 5.08. The van der Waals surface area contributed by atoms with Gasteiger partial charge >= 0.3 is 0 Å². The van der Waals surface area contributed by atoms with Gasteiger partial charge in [-0.05, 0) is 29.9 Å². The Hall–Kier alpha value is -1.39. The van der Waals surface area contributed by atoms with Gasteiger partial charge in [0.15, 0.2) is 0 Å². The molecule has 0 atom stereocenters. The van der Waals surface area contributed by atoms with Crippen LogP contribution in [0.5, 0.6) is 0 Å². The fourth-order valence-electron chi connectivity index (χ4n) is 2.16. The van der Waals surface area contributed by atoms with E-state index in [0.29, 0.717) is 5.39 Å². The van der Waals surface area contributed by atoms with Crippen molar-refractivity contribution < 1.29 is 13.0 Å². The van der Waals surface area contributed by atoms with Crippen LogP contribution in [0.3, 0.4) is 0 Å². The van der Waals surface area contributed by atoms with Gasteiger partial charge in [-0.2, -0.15) is 8.42 Å². The molecule has 2 aromatic carbocycles. The maximum atomic E-state index is 11.3. The van der Waals surface area contributed by atoms with Gasteiger partial charge in [-0.25, -0.2) is 0 Å². The highest BCUT2D eigenvalue weighted by molar-refractivity contribution is 7.86. The Kier molecular flexibility index (Phi) is 3.68. The van der Waals surface area contributed by atoms with Crippen LogP contribution >= 0.6 is 0 Å². The first-order valence-corrected chi connectivity index (χ1v) is 7.46. The van der Waals surface area contributed by atoms with Gasteiger partial charge < -0.3 is 0 Å². The molecule has 2 rings (SSSR count). The van der Waals surface area contributed by atoms with Gasteiger partial charge in [0.2, 0.25) is 0 Å². The molecule has 0 aromatic heterocycles. The molecule has 0 fully saturated rings.